The van der Waals surface area contributed by atoms with Gasteiger partial charge in [0.15, 0.2) is 0 Å². The van der Waals surface area contributed by atoms with Gasteiger partial charge in [-0.15, -0.1) is 0 Å². The molecule has 2 aliphatic heterocycles. The molecule has 0 fully saturated rings. The second-order valence-corrected chi connectivity index (χ2v) is 13.9. The van der Waals surface area contributed by atoms with Crippen LogP contribution in [0, 0.1) is 0 Å². The van der Waals surface area contributed by atoms with E-state index in [0.29, 0.717) is 0 Å². The molecule has 2 aromatic rings. The van der Waals surface area contributed by atoms with E-state index in [-0.39, 0.29) is 71.9 Å². The van der Waals surface area contributed by atoms with Crippen molar-refractivity contribution in [3.63, 3.8) is 0 Å². The molecule has 0 unspecified atom stereocenters. The molecule has 2 atom stereocenters. The fraction of sp³-hybridized carbons (Fsp3) is 0.474. The first kappa shape index (κ1) is 37.8. The van der Waals surface area contributed by atoms with Crippen LogP contribution < -0.4 is 0 Å². The fourth-order valence-corrected chi connectivity index (χ4v) is 6.52. The average molecular weight is 717 g/mol. The Balaban J connectivity index is 2.15. The van der Waals surface area contributed by atoms with Gasteiger partial charge in [0.05, 0.1) is 48.9 Å². The number of pyridine rings is 2. The minimum atomic E-state index is -2.37. The zero-order chi connectivity index (χ0) is 38.2. The molecule has 5 rings (SSSR count). The minimum absolute atomic E-state index is 0.0653. The van der Waals surface area contributed by atoms with Gasteiger partial charge in [0, 0.05) is 23.5 Å². The Bertz CT molecular complexity index is 1810. The third-order valence-corrected chi connectivity index (χ3v) is 8.02. The van der Waals surface area contributed by atoms with E-state index in [9.17, 15) is 19.2 Å². The lowest BCUT2D eigenvalue weighted by Gasteiger charge is -2.49. The highest BCUT2D eigenvalue weighted by atomic mass is 16.6. The molecule has 0 radical (unpaired) electrons. The van der Waals surface area contributed by atoms with E-state index < -0.39 is 57.3 Å². The van der Waals surface area contributed by atoms with Crippen molar-refractivity contribution in [2.75, 3.05) is 26.4 Å². The molecule has 0 bridgehead atoms. The highest BCUT2D eigenvalue weighted by Crippen LogP contribution is 2.66. The average Bonchev–Trinajstić information content (AvgIpc) is 3.57. The molecule has 0 N–H and O–H groups in total. The number of nitrogens with zero attached hydrogens (tertiary/aromatic N) is 4. The Labute approximate surface area is 302 Å². The maximum Gasteiger partial charge on any atom is 0.344 e. The zero-order valence-electron chi connectivity index (χ0n) is 31.2. The Morgan fingerprint density at radius 3 is 1.23 bits per heavy atom. The molecule has 2 aromatic heterocycles. The monoisotopic (exact) mass is 716 g/mol. The van der Waals surface area contributed by atoms with Gasteiger partial charge in [-0.1, -0.05) is 12.1 Å². The Morgan fingerprint density at radius 2 is 0.923 bits per heavy atom. The highest BCUT2D eigenvalue weighted by molar-refractivity contribution is 6.27. The van der Waals surface area contributed by atoms with Crippen molar-refractivity contribution in [3.05, 3.63) is 70.1 Å². The Hall–Kier alpha value is -5.40. The molecule has 4 heterocycles. The number of hydrogen-bond acceptors (Lipinski definition) is 14. The number of aromatic nitrogens is 2. The summed E-state index contributed by atoms with van der Waals surface area (Å²) in [6, 6.07) is 6.41. The lowest BCUT2D eigenvalue weighted by atomic mass is 9.61. The van der Waals surface area contributed by atoms with E-state index >= 15 is 0 Å². The predicted octanol–water partition coefficient (Wildman–Crippen LogP) is 4.85. The molecule has 0 amide bonds. The molecule has 276 valence electrons. The second kappa shape index (κ2) is 14.0. The lowest BCUT2D eigenvalue weighted by molar-refractivity contribution is -0.153. The van der Waals surface area contributed by atoms with Gasteiger partial charge in [-0.3, -0.25) is 9.97 Å². The molecule has 3 aliphatic rings. The summed E-state index contributed by atoms with van der Waals surface area (Å²) in [6.07, 6.45) is 3.05. The number of rotatable bonds is 8. The standard InChI is InChI=1S/C38H44N4O10/c1-11-47-31(43)23-25(33(45)49-13-3)37(51-29(23)41-35(5,6)7)21-17-15-19-39-27(21)28-22(18-16-20-40-28)38(37)26(34(46)50-14-4)24(32(44)48-12-2)30(52-38)42-36(8,9)10/h15-20H,11-14H2,1-10H3/t37-,38-/m0/s1. The van der Waals surface area contributed by atoms with Crippen LogP contribution in [0.5, 0.6) is 0 Å². The summed E-state index contributed by atoms with van der Waals surface area (Å²) in [6.45, 7) is 16.7. The van der Waals surface area contributed by atoms with Crippen LogP contribution in [-0.4, -0.2) is 83.1 Å². The van der Waals surface area contributed by atoms with Gasteiger partial charge < -0.3 is 28.4 Å². The van der Waals surface area contributed by atoms with E-state index in [0.717, 1.165) is 0 Å². The van der Waals surface area contributed by atoms with Crippen molar-refractivity contribution in [2.24, 2.45) is 9.98 Å². The molecular formula is C38H44N4O10. The van der Waals surface area contributed by atoms with E-state index in [1.54, 1.807) is 93.5 Å². The Kier molecular flexibility index (Phi) is 10.2. The van der Waals surface area contributed by atoms with Crippen molar-refractivity contribution in [2.45, 2.75) is 91.5 Å². The largest absolute Gasteiger partial charge is 0.462 e. The van der Waals surface area contributed by atoms with Crippen LogP contribution >= 0.6 is 0 Å². The summed E-state index contributed by atoms with van der Waals surface area (Å²) >= 11 is 0. The number of hydrogen-bond donors (Lipinski definition) is 0. The molecule has 0 saturated carbocycles. The molecule has 52 heavy (non-hydrogen) atoms. The number of aliphatic imine (C=N–C) groups is 2. The zero-order valence-corrected chi connectivity index (χ0v) is 31.2. The van der Waals surface area contributed by atoms with Crippen LogP contribution in [0.15, 0.2) is 68.9 Å². The minimum Gasteiger partial charge on any atom is -0.462 e. The third-order valence-electron chi connectivity index (χ3n) is 8.02. The number of esters is 4. The van der Waals surface area contributed by atoms with Gasteiger partial charge in [0.1, 0.15) is 22.3 Å². The molecule has 14 heteroatoms. The summed E-state index contributed by atoms with van der Waals surface area (Å²) in [5.41, 5.74) is -7.29. The molecule has 1 aliphatic carbocycles. The van der Waals surface area contributed by atoms with E-state index in [1.165, 1.54) is 12.4 Å². The number of ether oxygens (including phenoxy) is 6. The maximum atomic E-state index is 14.7. The fourth-order valence-electron chi connectivity index (χ4n) is 6.52. The van der Waals surface area contributed by atoms with Crippen LogP contribution in [0.4, 0.5) is 0 Å². The van der Waals surface area contributed by atoms with Crippen LogP contribution in [0.3, 0.4) is 0 Å². The first-order valence-corrected chi connectivity index (χ1v) is 17.2. The van der Waals surface area contributed by atoms with Crippen LogP contribution in [0.2, 0.25) is 0 Å². The van der Waals surface area contributed by atoms with Crippen molar-refractivity contribution < 1.29 is 47.6 Å². The van der Waals surface area contributed by atoms with Crippen LogP contribution in [0.1, 0.15) is 80.4 Å². The van der Waals surface area contributed by atoms with Gasteiger partial charge in [-0.25, -0.2) is 29.2 Å². The normalized spacial score (nSPS) is 22.3. The molecule has 0 aromatic carbocycles. The Morgan fingerprint density at radius 1 is 0.596 bits per heavy atom. The van der Waals surface area contributed by atoms with Crippen molar-refractivity contribution in [1.82, 2.24) is 9.97 Å². The van der Waals surface area contributed by atoms with Gasteiger partial charge in [0.25, 0.3) is 0 Å². The van der Waals surface area contributed by atoms with Crippen molar-refractivity contribution in [3.8, 4) is 11.4 Å². The summed E-state index contributed by atoms with van der Waals surface area (Å²) in [7, 11) is 0. The summed E-state index contributed by atoms with van der Waals surface area (Å²) in [5.74, 6) is -4.48. The molecular weight excluding hydrogens is 672 g/mol. The molecule has 14 nitrogen and oxygen atoms in total. The number of carbonyl (C=O) groups excluding carboxylic acids is 4. The first-order chi connectivity index (χ1) is 24.5. The van der Waals surface area contributed by atoms with Gasteiger partial charge in [-0.05, 0) is 81.4 Å². The second-order valence-electron chi connectivity index (χ2n) is 13.9. The number of carbonyl (C=O) groups is 4. The molecule has 2 spiro atoms. The topological polar surface area (TPSA) is 174 Å². The maximum absolute atomic E-state index is 14.7. The van der Waals surface area contributed by atoms with Crippen LogP contribution in [-0.2, 0) is 58.8 Å². The lowest BCUT2D eigenvalue weighted by Crippen LogP contribution is -2.58. The van der Waals surface area contributed by atoms with E-state index in [1.807, 2.05) is 0 Å². The predicted molar refractivity (Wildman–Crippen MR) is 188 cm³/mol. The first-order valence-electron chi connectivity index (χ1n) is 17.2. The summed E-state index contributed by atoms with van der Waals surface area (Å²) in [5, 5.41) is 0. The van der Waals surface area contributed by atoms with Gasteiger partial charge >= 0.3 is 23.9 Å². The summed E-state index contributed by atoms with van der Waals surface area (Å²) in [4.78, 5) is 76.5. The van der Waals surface area contributed by atoms with Gasteiger partial charge in [0.2, 0.25) is 23.0 Å². The van der Waals surface area contributed by atoms with Crippen molar-refractivity contribution >= 4 is 35.7 Å². The summed E-state index contributed by atoms with van der Waals surface area (Å²) < 4.78 is 36.4. The molecule has 0 saturated heterocycles. The van der Waals surface area contributed by atoms with Crippen LogP contribution in [0.25, 0.3) is 11.4 Å². The van der Waals surface area contributed by atoms with Crippen molar-refractivity contribution in [1.29, 1.82) is 0 Å². The quantitative estimate of drug-likeness (QED) is 0.269. The van der Waals surface area contributed by atoms with E-state index in [4.69, 9.17) is 38.4 Å². The highest BCUT2D eigenvalue weighted by Gasteiger charge is 2.76. The third kappa shape index (κ3) is 6.13. The SMILES string of the molecule is CCOC(=O)C1=C(C(=O)OCC)[C@@]2(OC1=NC(C)(C)C)c1cccnc1-c1ncccc1[C@@]21OC(=NC(C)(C)C)C(C(=O)OCC)=C1C(=O)OCC. The van der Waals surface area contributed by atoms with Gasteiger partial charge in [-0.2, -0.15) is 0 Å². The van der Waals surface area contributed by atoms with E-state index in [2.05, 4.69) is 9.97 Å². The smallest absolute Gasteiger partial charge is 0.344 e. The number of fused-ring (bicyclic) bond motifs is 6.